The molecule has 0 atom stereocenters. The van der Waals surface area contributed by atoms with Gasteiger partial charge in [-0.1, -0.05) is 19.1 Å². The predicted octanol–water partition coefficient (Wildman–Crippen LogP) is 3.37. The number of anilines is 3. The summed E-state index contributed by atoms with van der Waals surface area (Å²) in [4.78, 5) is 4.35. The molecule has 0 saturated heterocycles. The average Bonchev–Trinajstić information content (AvgIpc) is 2.43. The number of aryl methyl sites for hydroxylation is 1. The Labute approximate surface area is 113 Å². The number of nitrogens with zero attached hydrogens (tertiary/aromatic N) is 1. The number of hydrogen-bond donors (Lipinski definition) is 2. The maximum absolute atomic E-state index is 5.80. The number of nitrogens with one attached hydrogen (secondary N) is 1. The normalized spacial score (nSPS) is 10.2. The summed E-state index contributed by atoms with van der Waals surface area (Å²) in [5, 5.41) is 3.26. The van der Waals surface area contributed by atoms with Gasteiger partial charge in [-0.05, 0) is 43.2 Å². The molecule has 0 spiro atoms. The lowest BCUT2D eigenvalue weighted by molar-refractivity contribution is 0.329. The van der Waals surface area contributed by atoms with E-state index in [4.69, 9.17) is 10.5 Å². The molecule has 2 aromatic rings. The summed E-state index contributed by atoms with van der Waals surface area (Å²) in [6.45, 7) is 4.59. The fourth-order valence-corrected chi connectivity index (χ4v) is 1.79. The Morgan fingerprint density at radius 1 is 1.21 bits per heavy atom. The van der Waals surface area contributed by atoms with Crippen LogP contribution in [0.25, 0.3) is 0 Å². The average molecular weight is 257 g/mol. The van der Waals surface area contributed by atoms with Gasteiger partial charge in [0.15, 0.2) is 0 Å². The molecule has 0 aliphatic rings. The smallest absolute Gasteiger partial charge is 0.239 e. The van der Waals surface area contributed by atoms with Gasteiger partial charge in [0.2, 0.25) is 5.88 Å². The fraction of sp³-hybridized carbons (Fsp3) is 0.267. The Morgan fingerprint density at radius 2 is 2.05 bits per heavy atom. The molecule has 100 valence electrons. The summed E-state index contributed by atoms with van der Waals surface area (Å²) < 4.78 is 5.38. The summed E-state index contributed by atoms with van der Waals surface area (Å²) in [5.41, 5.74) is 8.65. The zero-order valence-corrected chi connectivity index (χ0v) is 11.3. The van der Waals surface area contributed by atoms with Crippen molar-refractivity contribution < 1.29 is 4.74 Å². The zero-order chi connectivity index (χ0) is 13.7. The lowest BCUT2D eigenvalue weighted by Gasteiger charge is -2.10. The Hall–Kier alpha value is -2.23. The van der Waals surface area contributed by atoms with Gasteiger partial charge in [-0.2, -0.15) is 4.98 Å². The van der Waals surface area contributed by atoms with Crippen molar-refractivity contribution in [3.05, 3.63) is 42.0 Å². The van der Waals surface area contributed by atoms with E-state index >= 15 is 0 Å². The van der Waals surface area contributed by atoms with Crippen molar-refractivity contribution in [3.8, 4) is 5.88 Å². The lowest BCUT2D eigenvalue weighted by Crippen LogP contribution is -2.02. The van der Waals surface area contributed by atoms with Crippen molar-refractivity contribution in [1.82, 2.24) is 4.98 Å². The van der Waals surface area contributed by atoms with Crippen molar-refractivity contribution >= 4 is 17.2 Å². The van der Waals surface area contributed by atoms with Crippen molar-refractivity contribution in [3.63, 3.8) is 0 Å². The second-order valence-corrected chi connectivity index (χ2v) is 4.20. The van der Waals surface area contributed by atoms with Crippen LogP contribution in [0, 0.1) is 0 Å². The summed E-state index contributed by atoms with van der Waals surface area (Å²) in [6.07, 6.45) is 1.01. The van der Waals surface area contributed by atoms with E-state index in [1.807, 2.05) is 25.1 Å². The van der Waals surface area contributed by atoms with Crippen LogP contribution in [0.15, 0.2) is 36.4 Å². The minimum atomic E-state index is 0.471. The molecular weight excluding hydrogens is 238 g/mol. The third kappa shape index (κ3) is 3.37. The maximum Gasteiger partial charge on any atom is 0.239 e. The summed E-state index contributed by atoms with van der Waals surface area (Å²) in [5.74, 6) is 1.20. The Morgan fingerprint density at radius 3 is 2.79 bits per heavy atom. The highest BCUT2D eigenvalue weighted by atomic mass is 16.5. The zero-order valence-electron chi connectivity index (χ0n) is 11.3. The van der Waals surface area contributed by atoms with Gasteiger partial charge < -0.3 is 15.8 Å². The number of rotatable bonds is 5. The van der Waals surface area contributed by atoms with E-state index in [1.54, 1.807) is 6.07 Å². The van der Waals surface area contributed by atoms with E-state index in [1.165, 1.54) is 5.56 Å². The molecule has 0 bridgehead atoms. The highest BCUT2D eigenvalue weighted by molar-refractivity contribution is 5.61. The molecule has 0 aliphatic carbocycles. The first-order valence-corrected chi connectivity index (χ1v) is 6.48. The van der Waals surface area contributed by atoms with E-state index in [-0.39, 0.29) is 0 Å². The third-order valence-corrected chi connectivity index (χ3v) is 2.78. The van der Waals surface area contributed by atoms with Crippen LogP contribution in [0.4, 0.5) is 17.2 Å². The Bertz CT molecular complexity index is 555. The molecule has 3 N–H and O–H groups in total. The van der Waals surface area contributed by atoms with Crippen LogP contribution in [-0.2, 0) is 6.42 Å². The van der Waals surface area contributed by atoms with Crippen LogP contribution in [0.5, 0.6) is 5.88 Å². The third-order valence-electron chi connectivity index (χ3n) is 2.78. The van der Waals surface area contributed by atoms with Crippen LogP contribution in [0.1, 0.15) is 19.4 Å². The highest BCUT2D eigenvalue weighted by Gasteiger charge is 2.04. The number of hydrogen-bond acceptors (Lipinski definition) is 4. The van der Waals surface area contributed by atoms with Gasteiger partial charge in [-0.25, -0.2) is 0 Å². The van der Waals surface area contributed by atoms with Crippen molar-refractivity contribution in [2.24, 2.45) is 0 Å². The molecule has 4 heteroatoms. The van der Waals surface area contributed by atoms with Gasteiger partial charge in [0.1, 0.15) is 5.82 Å². The van der Waals surface area contributed by atoms with Gasteiger partial charge >= 0.3 is 0 Å². The van der Waals surface area contributed by atoms with Crippen molar-refractivity contribution in [2.75, 3.05) is 17.7 Å². The van der Waals surface area contributed by atoms with Gasteiger partial charge in [0, 0.05) is 5.69 Å². The van der Waals surface area contributed by atoms with Crippen LogP contribution < -0.4 is 15.8 Å². The molecule has 0 unspecified atom stereocenters. The first kappa shape index (κ1) is 13.2. The van der Waals surface area contributed by atoms with Crippen LogP contribution >= 0.6 is 0 Å². The monoisotopic (exact) mass is 257 g/mol. The van der Waals surface area contributed by atoms with Crippen LogP contribution in [0.2, 0.25) is 0 Å². The molecule has 4 nitrogen and oxygen atoms in total. The molecule has 0 aliphatic heterocycles. The maximum atomic E-state index is 5.80. The minimum absolute atomic E-state index is 0.471. The number of nitrogens with two attached hydrogens (primary N) is 1. The molecule has 19 heavy (non-hydrogen) atoms. The second kappa shape index (κ2) is 6.09. The van der Waals surface area contributed by atoms with E-state index in [0.29, 0.717) is 18.2 Å². The van der Waals surface area contributed by atoms with Crippen LogP contribution in [0.3, 0.4) is 0 Å². The van der Waals surface area contributed by atoms with Crippen LogP contribution in [-0.4, -0.2) is 11.6 Å². The fourth-order valence-electron chi connectivity index (χ4n) is 1.79. The molecule has 0 radical (unpaired) electrons. The van der Waals surface area contributed by atoms with Gasteiger partial charge in [-0.15, -0.1) is 0 Å². The number of pyridine rings is 1. The molecule has 0 fully saturated rings. The predicted molar refractivity (Wildman–Crippen MR) is 78.9 cm³/mol. The molecule has 0 saturated carbocycles. The van der Waals surface area contributed by atoms with Gasteiger partial charge in [-0.3, -0.25) is 0 Å². The first-order chi connectivity index (χ1) is 9.22. The minimum Gasteiger partial charge on any atom is -0.476 e. The largest absolute Gasteiger partial charge is 0.476 e. The number of ether oxygens (including phenoxy) is 1. The summed E-state index contributed by atoms with van der Waals surface area (Å²) in [7, 11) is 0. The van der Waals surface area contributed by atoms with E-state index in [9.17, 15) is 0 Å². The number of aromatic nitrogens is 1. The molecule has 1 aromatic carbocycles. The van der Waals surface area contributed by atoms with Gasteiger partial charge in [0.25, 0.3) is 0 Å². The lowest BCUT2D eigenvalue weighted by atomic mass is 10.1. The van der Waals surface area contributed by atoms with E-state index in [0.717, 1.165) is 17.9 Å². The molecule has 1 aromatic heterocycles. The quantitative estimate of drug-likeness (QED) is 0.862. The first-order valence-electron chi connectivity index (χ1n) is 6.48. The van der Waals surface area contributed by atoms with Crippen molar-refractivity contribution in [1.29, 1.82) is 0 Å². The Balaban J connectivity index is 2.20. The van der Waals surface area contributed by atoms with Gasteiger partial charge in [0.05, 0.1) is 12.3 Å². The molecule has 0 amide bonds. The summed E-state index contributed by atoms with van der Waals surface area (Å²) in [6, 6.07) is 11.9. The number of benzene rings is 1. The van der Waals surface area contributed by atoms with E-state index in [2.05, 4.69) is 29.4 Å². The van der Waals surface area contributed by atoms with E-state index < -0.39 is 0 Å². The Kier molecular flexibility index (Phi) is 4.23. The topological polar surface area (TPSA) is 60.2 Å². The molecule has 1 heterocycles. The van der Waals surface area contributed by atoms with Crippen molar-refractivity contribution in [2.45, 2.75) is 20.3 Å². The standard InChI is InChI=1S/C15H19N3O/c1-3-11-6-5-7-12(10-11)17-14-9-8-13(16)15(18-14)19-4-2/h5-10H,3-4,16H2,1-2H3,(H,17,18). The second-order valence-electron chi connectivity index (χ2n) is 4.20. The summed E-state index contributed by atoms with van der Waals surface area (Å²) >= 11 is 0. The number of nitrogen functional groups attached to an aromatic ring is 1. The highest BCUT2D eigenvalue weighted by Crippen LogP contribution is 2.23. The SMILES string of the molecule is CCOc1nc(Nc2cccc(CC)c2)ccc1N. The molecule has 2 rings (SSSR count). The molecular formula is C15H19N3O.